The third-order valence-corrected chi connectivity index (χ3v) is 3.82. The maximum atomic E-state index is 11.6. The van der Waals surface area contributed by atoms with E-state index in [0.29, 0.717) is 12.4 Å². The average Bonchev–Trinajstić information content (AvgIpc) is 2.96. The van der Waals surface area contributed by atoms with Gasteiger partial charge in [-0.05, 0) is 41.9 Å². The molecule has 7 heteroatoms. The predicted molar refractivity (Wildman–Crippen MR) is 76.4 cm³/mol. The fourth-order valence-electron chi connectivity index (χ4n) is 2.76. The Kier molecular flexibility index (Phi) is 3.92. The van der Waals surface area contributed by atoms with E-state index >= 15 is 0 Å². The maximum absolute atomic E-state index is 11.6. The second kappa shape index (κ2) is 6.01. The smallest absolute Gasteiger partial charge is 0.234 e. The van der Waals surface area contributed by atoms with Gasteiger partial charge in [0.25, 0.3) is 0 Å². The van der Waals surface area contributed by atoms with E-state index in [2.05, 4.69) is 20.4 Å². The van der Waals surface area contributed by atoms with Crippen molar-refractivity contribution in [3.63, 3.8) is 0 Å². The van der Waals surface area contributed by atoms with Gasteiger partial charge >= 0.3 is 0 Å². The minimum atomic E-state index is -0.270. The number of carbonyl (C=O) groups excluding carboxylic acids is 1. The van der Waals surface area contributed by atoms with E-state index < -0.39 is 0 Å². The Balaban J connectivity index is 1.82. The van der Waals surface area contributed by atoms with Crippen molar-refractivity contribution in [1.82, 2.24) is 25.1 Å². The van der Waals surface area contributed by atoms with Crippen molar-refractivity contribution in [2.45, 2.75) is 31.8 Å². The molecule has 2 heterocycles. The average molecular weight is 286 g/mol. The van der Waals surface area contributed by atoms with Gasteiger partial charge in [-0.2, -0.15) is 4.68 Å². The summed E-state index contributed by atoms with van der Waals surface area (Å²) in [5.74, 6) is 0.447. The van der Waals surface area contributed by atoms with E-state index in [4.69, 9.17) is 5.73 Å². The molecule has 1 aromatic heterocycles. The van der Waals surface area contributed by atoms with Crippen LogP contribution in [0.3, 0.4) is 0 Å². The molecule has 7 nitrogen and oxygen atoms in total. The number of tetrazole rings is 1. The zero-order chi connectivity index (χ0) is 14.7. The van der Waals surface area contributed by atoms with Crippen LogP contribution in [0, 0.1) is 0 Å². The summed E-state index contributed by atoms with van der Waals surface area (Å²) in [4.78, 5) is 13.6. The lowest BCUT2D eigenvalue weighted by atomic mass is 10.0. The summed E-state index contributed by atoms with van der Waals surface area (Å²) in [6.07, 6.45) is 2.91. The molecule has 0 bridgehead atoms. The molecular weight excluding hydrogens is 268 g/mol. The molecule has 2 aromatic rings. The third kappa shape index (κ3) is 2.92. The molecule has 1 amide bonds. The Bertz CT molecular complexity index is 611. The molecule has 3 rings (SSSR count). The highest BCUT2D eigenvalue weighted by molar-refractivity contribution is 5.79. The standard InChI is InChI=1S/C14H18N6O/c15-14(21)12-8-4-5-9-19(12)10-13-16-17-18-20(13)11-6-2-1-3-7-11/h1-3,6-7,12H,4-5,8-10H2,(H2,15,21)/t12-/m0/s1. The van der Waals surface area contributed by atoms with Gasteiger partial charge in [0.05, 0.1) is 18.3 Å². The van der Waals surface area contributed by atoms with Crippen LogP contribution >= 0.6 is 0 Å². The molecule has 0 spiro atoms. The van der Waals surface area contributed by atoms with Crippen LogP contribution in [0.1, 0.15) is 25.1 Å². The number of rotatable bonds is 4. The van der Waals surface area contributed by atoms with Gasteiger partial charge in [0.1, 0.15) is 0 Å². The molecule has 1 aliphatic rings. The molecule has 0 radical (unpaired) electrons. The van der Waals surface area contributed by atoms with E-state index in [1.807, 2.05) is 30.3 Å². The van der Waals surface area contributed by atoms with Crippen LogP contribution in [0.2, 0.25) is 0 Å². The molecule has 1 fully saturated rings. The number of para-hydroxylation sites is 1. The van der Waals surface area contributed by atoms with E-state index in [9.17, 15) is 4.79 Å². The van der Waals surface area contributed by atoms with Gasteiger partial charge in [-0.1, -0.05) is 24.6 Å². The van der Waals surface area contributed by atoms with Crippen LogP contribution in [-0.4, -0.2) is 43.6 Å². The van der Waals surface area contributed by atoms with Gasteiger partial charge in [-0.3, -0.25) is 9.69 Å². The molecule has 0 aliphatic carbocycles. The van der Waals surface area contributed by atoms with Crippen molar-refractivity contribution in [1.29, 1.82) is 0 Å². The van der Waals surface area contributed by atoms with Crippen LogP contribution in [0.5, 0.6) is 0 Å². The Labute approximate surface area is 122 Å². The quantitative estimate of drug-likeness (QED) is 0.884. The van der Waals surface area contributed by atoms with Crippen molar-refractivity contribution < 1.29 is 4.79 Å². The predicted octanol–water partition coefficient (Wildman–Crippen LogP) is 0.502. The zero-order valence-electron chi connectivity index (χ0n) is 11.7. The highest BCUT2D eigenvalue weighted by Crippen LogP contribution is 2.19. The first-order valence-electron chi connectivity index (χ1n) is 7.12. The topological polar surface area (TPSA) is 89.9 Å². The van der Waals surface area contributed by atoms with Crippen LogP contribution in [0.4, 0.5) is 0 Å². The molecule has 1 aliphatic heterocycles. The minimum absolute atomic E-state index is 0.223. The summed E-state index contributed by atoms with van der Waals surface area (Å²) < 4.78 is 1.70. The number of carbonyl (C=O) groups is 1. The second-order valence-corrected chi connectivity index (χ2v) is 5.23. The number of hydrogen-bond acceptors (Lipinski definition) is 5. The molecule has 21 heavy (non-hydrogen) atoms. The molecule has 0 unspecified atom stereocenters. The van der Waals surface area contributed by atoms with E-state index in [1.54, 1.807) is 4.68 Å². The van der Waals surface area contributed by atoms with Crippen molar-refractivity contribution in [3.05, 3.63) is 36.2 Å². The largest absolute Gasteiger partial charge is 0.368 e. The number of aromatic nitrogens is 4. The number of nitrogens with zero attached hydrogens (tertiary/aromatic N) is 5. The van der Waals surface area contributed by atoms with Crippen LogP contribution in [-0.2, 0) is 11.3 Å². The van der Waals surface area contributed by atoms with Gasteiger partial charge in [0, 0.05) is 0 Å². The third-order valence-electron chi connectivity index (χ3n) is 3.82. The van der Waals surface area contributed by atoms with Gasteiger partial charge in [0.15, 0.2) is 5.82 Å². The normalized spacial score (nSPS) is 19.5. The zero-order valence-corrected chi connectivity index (χ0v) is 11.7. The van der Waals surface area contributed by atoms with Crippen molar-refractivity contribution in [2.24, 2.45) is 5.73 Å². The van der Waals surface area contributed by atoms with Crippen LogP contribution in [0.25, 0.3) is 5.69 Å². The summed E-state index contributed by atoms with van der Waals surface area (Å²) in [7, 11) is 0. The van der Waals surface area contributed by atoms with Gasteiger partial charge in [-0.25, -0.2) is 0 Å². The van der Waals surface area contributed by atoms with Crippen molar-refractivity contribution in [3.8, 4) is 5.69 Å². The van der Waals surface area contributed by atoms with Crippen molar-refractivity contribution in [2.75, 3.05) is 6.54 Å². The number of piperidine rings is 1. The molecule has 2 N–H and O–H groups in total. The highest BCUT2D eigenvalue weighted by atomic mass is 16.1. The molecule has 1 aromatic carbocycles. The first-order valence-corrected chi connectivity index (χ1v) is 7.12. The van der Waals surface area contributed by atoms with E-state index in [0.717, 1.165) is 31.5 Å². The van der Waals surface area contributed by atoms with E-state index in [-0.39, 0.29) is 11.9 Å². The molecular formula is C14H18N6O. The van der Waals surface area contributed by atoms with Gasteiger partial charge in [-0.15, -0.1) is 5.10 Å². The lowest BCUT2D eigenvalue weighted by Gasteiger charge is -2.32. The maximum Gasteiger partial charge on any atom is 0.234 e. The number of amides is 1. The van der Waals surface area contributed by atoms with E-state index in [1.165, 1.54) is 0 Å². The number of benzene rings is 1. The van der Waals surface area contributed by atoms with Crippen LogP contribution < -0.4 is 5.73 Å². The number of hydrogen-bond donors (Lipinski definition) is 1. The first kappa shape index (κ1) is 13.7. The fraction of sp³-hybridized carbons (Fsp3) is 0.429. The van der Waals surface area contributed by atoms with Gasteiger partial charge < -0.3 is 5.73 Å². The lowest BCUT2D eigenvalue weighted by Crippen LogP contribution is -2.47. The second-order valence-electron chi connectivity index (χ2n) is 5.23. The molecule has 0 saturated carbocycles. The lowest BCUT2D eigenvalue weighted by molar-refractivity contribution is -0.124. The molecule has 110 valence electrons. The monoisotopic (exact) mass is 286 g/mol. The first-order chi connectivity index (χ1) is 10.3. The molecule has 1 atom stereocenters. The Hall–Kier alpha value is -2.28. The summed E-state index contributed by atoms with van der Waals surface area (Å²) in [5.41, 5.74) is 6.40. The van der Waals surface area contributed by atoms with Gasteiger partial charge in [0.2, 0.25) is 5.91 Å². The summed E-state index contributed by atoms with van der Waals surface area (Å²) in [6, 6.07) is 9.49. The minimum Gasteiger partial charge on any atom is -0.368 e. The Morgan fingerprint density at radius 2 is 2.10 bits per heavy atom. The van der Waals surface area contributed by atoms with Crippen LogP contribution in [0.15, 0.2) is 30.3 Å². The summed E-state index contributed by atoms with van der Waals surface area (Å²) >= 11 is 0. The Morgan fingerprint density at radius 3 is 2.86 bits per heavy atom. The number of primary amides is 1. The number of likely N-dealkylation sites (tertiary alicyclic amines) is 1. The summed E-state index contributed by atoms with van der Waals surface area (Å²) in [5, 5.41) is 11.9. The fourth-order valence-corrected chi connectivity index (χ4v) is 2.76. The SMILES string of the molecule is NC(=O)[C@@H]1CCCCN1Cc1nnnn1-c1ccccc1. The number of nitrogens with two attached hydrogens (primary N) is 1. The molecule has 1 saturated heterocycles. The van der Waals surface area contributed by atoms with Crippen molar-refractivity contribution >= 4 is 5.91 Å². The summed E-state index contributed by atoms with van der Waals surface area (Å²) in [6.45, 7) is 1.37. The highest BCUT2D eigenvalue weighted by Gasteiger charge is 2.28. The Morgan fingerprint density at radius 1 is 1.29 bits per heavy atom.